The van der Waals surface area contributed by atoms with Crippen LogP contribution in [0, 0.1) is 12.7 Å². The van der Waals surface area contributed by atoms with Gasteiger partial charge in [0.15, 0.2) is 5.82 Å². The molecule has 0 saturated carbocycles. The van der Waals surface area contributed by atoms with Gasteiger partial charge < -0.3 is 14.7 Å². The van der Waals surface area contributed by atoms with Crippen molar-refractivity contribution >= 4 is 21.7 Å². The van der Waals surface area contributed by atoms with E-state index in [1.807, 2.05) is 0 Å². The number of carbonyl (C=O) groups is 1. The van der Waals surface area contributed by atoms with Crippen molar-refractivity contribution in [3.8, 4) is 0 Å². The van der Waals surface area contributed by atoms with Crippen molar-refractivity contribution in [1.29, 1.82) is 0 Å². The Morgan fingerprint density at radius 2 is 1.88 bits per heavy atom. The highest BCUT2D eigenvalue weighted by molar-refractivity contribution is 7.89. The summed E-state index contributed by atoms with van der Waals surface area (Å²) in [6.07, 6.45) is 0. The average Bonchev–Trinajstić information content (AvgIpc) is 2.96. The van der Waals surface area contributed by atoms with E-state index in [4.69, 9.17) is 4.52 Å². The number of aryl methyl sites for hydroxylation is 1. The molecule has 1 aromatic heterocycles. The summed E-state index contributed by atoms with van der Waals surface area (Å²) >= 11 is 0. The van der Waals surface area contributed by atoms with Crippen molar-refractivity contribution in [2.24, 2.45) is 0 Å². The zero-order valence-electron chi connectivity index (χ0n) is 14.8. The van der Waals surface area contributed by atoms with Crippen molar-refractivity contribution in [2.75, 3.05) is 39.0 Å². The number of carbonyl (C=O) groups excluding carboxylic acids is 1. The van der Waals surface area contributed by atoms with Crippen LogP contribution >= 0.6 is 0 Å². The zero-order chi connectivity index (χ0) is 19.3. The summed E-state index contributed by atoms with van der Waals surface area (Å²) in [6, 6.07) is 6.00. The predicted molar refractivity (Wildman–Crippen MR) is 93.6 cm³/mol. The number of nitrogens with zero attached hydrogens (tertiary/aromatic N) is 3. The lowest BCUT2D eigenvalue weighted by molar-refractivity contribution is -0.116. The van der Waals surface area contributed by atoms with Gasteiger partial charge in [-0.15, -0.1) is 0 Å². The molecule has 1 heterocycles. The van der Waals surface area contributed by atoms with Crippen LogP contribution in [0.25, 0.3) is 0 Å². The van der Waals surface area contributed by atoms with Crippen molar-refractivity contribution in [1.82, 2.24) is 14.4 Å². The second kappa shape index (κ2) is 8.39. The van der Waals surface area contributed by atoms with Gasteiger partial charge >= 0.3 is 0 Å². The average molecular weight is 384 g/mol. The van der Waals surface area contributed by atoms with Crippen LogP contribution in [0.2, 0.25) is 0 Å². The van der Waals surface area contributed by atoms with Gasteiger partial charge in [0.1, 0.15) is 11.6 Å². The summed E-state index contributed by atoms with van der Waals surface area (Å²) in [5.74, 6) is -0.367. The van der Waals surface area contributed by atoms with Crippen molar-refractivity contribution in [2.45, 2.75) is 11.8 Å². The van der Waals surface area contributed by atoms with Crippen LogP contribution in [-0.4, -0.2) is 62.4 Å². The lowest BCUT2D eigenvalue weighted by atomic mass is 10.4. The standard InChI is InChI=1S/C16H21FN4O4S/c1-12-10-15(19-25-12)18-16(22)11-21(9-8-20(2)3)26(23,24)14-6-4-13(17)5-7-14/h4-7,10H,8-9,11H2,1-3H3,(H,18,19,22). The van der Waals surface area contributed by atoms with Gasteiger partial charge in [-0.2, -0.15) is 4.31 Å². The molecule has 0 bridgehead atoms. The molecule has 142 valence electrons. The molecule has 1 N–H and O–H groups in total. The maximum Gasteiger partial charge on any atom is 0.243 e. The van der Waals surface area contributed by atoms with E-state index in [1.54, 1.807) is 25.9 Å². The van der Waals surface area contributed by atoms with E-state index >= 15 is 0 Å². The summed E-state index contributed by atoms with van der Waals surface area (Å²) < 4.78 is 44.6. The van der Waals surface area contributed by atoms with E-state index in [1.165, 1.54) is 18.2 Å². The maximum absolute atomic E-state index is 13.1. The minimum atomic E-state index is -3.96. The molecule has 0 aliphatic rings. The Bertz CT molecular complexity index is 849. The Hall–Kier alpha value is -2.30. The van der Waals surface area contributed by atoms with Crippen LogP contribution in [0.4, 0.5) is 10.2 Å². The molecule has 0 spiro atoms. The molecule has 10 heteroatoms. The molecule has 1 aromatic carbocycles. The highest BCUT2D eigenvalue weighted by atomic mass is 32.2. The smallest absolute Gasteiger partial charge is 0.243 e. The Morgan fingerprint density at radius 1 is 1.23 bits per heavy atom. The van der Waals surface area contributed by atoms with Gasteiger partial charge in [-0.25, -0.2) is 12.8 Å². The fourth-order valence-electron chi connectivity index (χ4n) is 2.12. The summed E-state index contributed by atoms with van der Waals surface area (Å²) in [4.78, 5) is 14.0. The third kappa shape index (κ3) is 5.35. The summed E-state index contributed by atoms with van der Waals surface area (Å²) in [6.45, 7) is 1.78. The first-order valence-corrected chi connectivity index (χ1v) is 9.26. The van der Waals surface area contributed by atoms with Crippen molar-refractivity contribution in [3.05, 3.63) is 41.9 Å². The van der Waals surface area contributed by atoms with Gasteiger partial charge in [0.05, 0.1) is 11.4 Å². The molecule has 26 heavy (non-hydrogen) atoms. The molecular formula is C16H21FN4O4S. The highest BCUT2D eigenvalue weighted by Crippen LogP contribution is 2.16. The minimum absolute atomic E-state index is 0.0808. The maximum atomic E-state index is 13.1. The quantitative estimate of drug-likeness (QED) is 0.737. The van der Waals surface area contributed by atoms with Gasteiger partial charge in [0.2, 0.25) is 15.9 Å². The molecule has 0 aliphatic carbocycles. The molecule has 2 aromatic rings. The number of aromatic nitrogens is 1. The van der Waals surface area contributed by atoms with Gasteiger partial charge in [0, 0.05) is 19.2 Å². The number of amides is 1. The predicted octanol–water partition coefficient (Wildman–Crippen LogP) is 1.31. The van der Waals surface area contributed by atoms with E-state index in [0.717, 1.165) is 16.4 Å². The SMILES string of the molecule is Cc1cc(NC(=O)CN(CCN(C)C)S(=O)(=O)c2ccc(F)cc2)no1. The minimum Gasteiger partial charge on any atom is -0.360 e. The van der Waals surface area contributed by atoms with Crippen molar-refractivity contribution < 1.29 is 22.1 Å². The van der Waals surface area contributed by atoms with Crippen LogP contribution in [0.1, 0.15) is 5.76 Å². The Morgan fingerprint density at radius 3 is 2.42 bits per heavy atom. The lowest BCUT2D eigenvalue weighted by Gasteiger charge is -2.23. The van der Waals surface area contributed by atoms with E-state index < -0.39 is 28.3 Å². The van der Waals surface area contributed by atoms with Crippen LogP contribution in [0.3, 0.4) is 0 Å². The highest BCUT2D eigenvalue weighted by Gasteiger charge is 2.27. The second-order valence-corrected chi connectivity index (χ2v) is 7.90. The number of benzene rings is 1. The normalized spacial score (nSPS) is 11.9. The number of rotatable bonds is 8. The third-order valence-electron chi connectivity index (χ3n) is 3.46. The van der Waals surface area contributed by atoms with Gasteiger partial charge in [-0.1, -0.05) is 5.16 Å². The number of likely N-dealkylation sites (N-methyl/N-ethyl adjacent to an activating group) is 1. The molecule has 0 radical (unpaired) electrons. The molecule has 0 fully saturated rings. The molecule has 1 amide bonds. The molecule has 0 aliphatic heterocycles. The van der Waals surface area contributed by atoms with Gasteiger partial charge in [0.25, 0.3) is 0 Å². The first-order valence-electron chi connectivity index (χ1n) is 7.82. The van der Waals surface area contributed by atoms with Crippen LogP contribution < -0.4 is 5.32 Å². The first-order chi connectivity index (χ1) is 12.2. The summed E-state index contributed by atoms with van der Waals surface area (Å²) in [5.41, 5.74) is 0. The fraction of sp³-hybridized carbons (Fsp3) is 0.375. The fourth-order valence-corrected chi connectivity index (χ4v) is 3.51. The molecule has 0 saturated heterocycles. The Labute approximate surface area is 151 Å². The van der Waals surface area contributed by atoms with Crippen LogP contribution in [0.15, 0.2) is 39.8 Å². The number of hydrogen-bond donors (Lipinski definition) is 1. The lowest BCUT2D eigenvalue weighted by Crippen LogP contribution is -2.41. The number of sulfonamides is 1. The first kappa shape index (κ1) is 20.0. The topological polar surface area (TPSA) is 95.8 Å². The van der Waals surface area contributed by atoms with E-state index in [-0.39, 0.29) is 17.3 Å². The molecule has 2 rings (SSSR count). The monoisotopic (exact) mass is 384 g/mol. The molecule has 8 nitrogen and oxygen atoms in total. The van der Waals surface area contributed by atoms with E-state index in [0.29, 0.717) is 12.3 Å². The molecular weight excluding hydrogens is 363 g/mol. The Balaban J connectivity index is 2.18. The van der Waals surface area contributed by atoms with Gasteiger partial charge in [-0.3, -0.25) is 4.79 Å². The number of halogens is 1. The van der Waals surface area contributed by atoms with E-state index in [9.17, 15) is 17.6 Å². The molecule has 0 unspecified atom stereocenters. The van der Waals surface area contributed by atoms with Crippen LogP contribution in [-0.2, 0) is 14.8 Å². The number of hydrogen-bond acceptors (Lipinski definition) is 6. The Kier molecular flexibility index (Phi) is 6.46. The van der Waals surface area contributed by atoms with Crippen molar-refractivity contribution in [3.63, 3.8) is 0 Å². The summed E-state index contributed by atoms with van der Waals surface area (Å²) in [5, 5.41) is 6.13. The van der Waals surface area contributed by atoms with Crippen LogP contribution in [0.5, 0.6) is 0 Å². The number of anilines is 1. The largest absolute Gasteiger partial charge is 0.360 e. The van der Waals surface area contributed by atoms with E-state index in [2.05, 4.69) is 10.5 Å². The number of nitrogens with one attached hydrogen (secondary N) is 1. The molecule has 0 atom stereocenters. The summed E-state index contributed by atoms with van der Waals surface area (Å²) in [7, 11) is -0.375. The zero-order valence-corrected chi connectivity index (χ0v) is 15.6. The third-order valence-corrected chi connectivity index (χ3v) is 5.32. The second-order valence-electron chi connectivity index (χ2n) is 5.97. The van der Waals surface area contributed by atoms with Gasteiger partial charge in [-0.05, 0) is 45.3 Å².